The summed E-state index contributed by atoms with van der Waals surface area (Å²) in [6.07, 6.45) is 107. The number of aliphatic hydroxyl groups excluding tert-OH is 2. The molecule has 0 radical (unpaired) electrons. The summed E-state index contributed by atoms with van der Waals surface area (Å²) in [5.74, 6) is -0.00677. The van der Waals surface area contributed by atoms with Gasteiger partial charge in [-0.05, 0) is 83.5 Å². The van der Waals surface area contributed by atoms with Crippen LogP contribution in [0.3, 0.4) is 0 Å². The Hall–Kier alpha value is -1.92. The second kappa shape index (κ2) is 81.5. The van der Waals surface area contributed by atoms with E-state index in [1.807, 2.05) is 0 Å². The molecular formula is C86H165NO5. The third-order valence-electron chi connectivity index (χ3n) is 19.9. The summed E-state index contributed by atoms with van der Waals surface area (Å²) in [6.45, 7) is 4.98. The number of ether oxygens (including phenoxy) is 1. The average Bonchev–Trinajstić information content (AvgIpc) is 3.60. The zero-order valence-corrected chi connectivity index (χ0v) is 62.6. The number of aliphatic hydroxyl groups is 2. The molecule has 0 aromatic carbocycles. The lowest BCUT2D eigenvalue weighted by Crippen LogP contribution is -2.45. The predicted molar refractivity (Wildman–Crippen MR) is 407 cm³/mol. The van der Waals surface area contributed by atoms with Crippen molar-refractivity contribution in [3.63, 3.8) is 0 Å². The summed E-state index contributed by atoms with van der Waals surface area (Å²) >= 11 is 0. The van der Waals surface area contributed by atoms with E-state index in [1.165, 1.54) is 398 Å². The molecule has 0 fully saturated rings. The second-order valence-electron chi connectivity index (χ2n) is 29.2. The van der Waals surface area contributed by atoms with Crippen LogP contribution >= 0.6 is 0 Å². The minimum absolute atomic E-state index is 0.0195. The molecule has 0 heterocycles. The Kier molecular flexibility index (Phi) is 79.8. The van der Waals surface area contributed by atoms with Crippen molar-refractivity contribution >= 4 is 11.9 Å². The fourth-order valence-electron chi connectivity index (χ4n) is 13.5. The Labute approximate surface area is 576 Å². The van der Waals surface area contributed by atoms with Gasteiger partial charge in [0.25, 0.3) is 0 Å². The van der Waals surface area contributed by atoms with Crippen LogP contribution in [0, 0.1) is 0 Å². The van der Waals surface area contributed by atoms with Crippen molar-refractivity contribution in [3.8, 4) is 0 Å². The van der Waals surface area contributed by atoms with Gasteiger partial charge in [-0.25, -0.2) is 0 Å². The number of carbonyl (C=O) groups is 2. The molecule has 3 N–H and O–H groups in total. The Balaban J connectivity index is 3.31. The number of hydrogen-bond acceptors (Lipinski definition) is 5. The normalized spacial score (nSPS) is 12.6. The molecule has 544 valence electrons. The van der Waals surface area contributed by atoms with Gasteiger partial charge >= 0.3 is 5.97 Å². The number of hydrogen-bond donors (Lipinski definition) is 3. The lowest BCUT2D eigenvalue weighted by atomic mass is 10.0. The van der Waals surface area contributed by atoms with Crippen molar-refractivity contribution in [1.82, 2.24) is 5.32 Å². The van der Waals surface area contributed by atoms with Crippen LogP contribution in [0.25, 0.3) is 0 Å². The third kappa shape index (κ3) is 77.1. The van der Waals surface area contributed by atoms with Crippen molar-refractivity contribution in [2.24, 2.45) is 0 Å². The highest BCUT2D eigenvalue weighted by Gasteiger charge is 2.20. The van der Waals surface area contributed by atoms with Crippen LogP contribution in [0.15, 0.2) is 36.5 Å². The van der Waals surface area contributed by atoms with Crippen LogP contribution in [-0.2, 0) is 14.3 Å². The van der Waals surface area contributed by atoms with E-state index in [2.05, 4.69) is 55.6 Å². The molecule has 1 amide bonds. The van der Waals surface area contributed by atoms with Crippen LogP contribution in [0.2, 0.25) is 0 Å². The quantitative estimate of drug-likeness (QED) is 0.0320. The summed E-state index contributed by atoms with van der Waals surface area (Å²) in [5, 5.41) is 23.4. The molecule has 6 nitrogen and oxygen atoms in total. The van der Waals surface area contributed by atoms with E-state index in [1.54, 1.807) is 0 Å². The Bertz CT molecular complexity index is 1490. The lowest BCUT2D eigenvalue weighted by molar-refractivity contribution is -0.143. The number of rotatable bonds is 80. The molecule has 0 spiro atoms. The number of allylic oxidation sites excluding steroid dienone is 6. The van der Waals surface area contributed by atoms with Gasteiger partial charge < -0.3 is 20.3 Å². The zero-order chi connectivity index (χ0) is 66.3. The minimum Gasteiger partial charge on any atom is -0.466 e. The average molecular weight is 1290 g/mol. The van der Waals surface area contributed by atoms with Gasteiger partial charge in [0.15, 0.2) is 0 Å². The fourth-order valence-corrected chi connectivity index (χ4v) is 13.5. The molecule has 2 atom stereocenters. The first kappa shape index (κ1) is 90.1. The maximum absolute atomic E-state index is 12.5. The highest BCUT2D eigenvalue weighted by molar-refractivity contribution is 5.76. The van der Waals surface area contributed by atoms with Crippen LogP contribution in [0.1, 0.15) is 476 Å². The minimum atomic E-state index is -0.662. The number of carbonyl (C=O) groups excluding carboxylic acids is 2. The second-order valence-corrected chi connectivity index (χ2v) is 29.2. The molecule has 0 bridgehead atoms. The summed E-state index contributed by atoms with van der Waals surface area (Å²) in [7, 11) is 0. The summed E-state index contributed by atoms with van der Waals surface area (Å²) < 4.78 is 5.52. The molecular weight excluding hydrogens is 1130 g/mol. The van der Waals surface area contributed by atoms with Crippen molar-refractivity contribution in [1.29, 1.82) is 0 Å². The van der Waals surface area contributed by atoms with Gasteiger partial charge in [0.05, 0.1) is 25.4 Å². The topological polar surface area (TPSA) is 95.9 Å². The van der Waals surface area contributed by atoms with Crippen LogP contribution in [-0.4, -0.2) is 47.4 Å². The SMILES string of the molecule is CCCCC/C=C\C/C=C\CCCCCCCCCCCC(=O)OCCCCCCCCCCCCCCCCCCCC/C=C\CCCCCCCCCCCCCCCCCCCC(=O)NC(CO)C(O)CCCCCCCCCCCCCCCCCCC. The van der Waals surface area contributed by atoms with Crippen LogP contribution in [0.4, 0.5) is 0 Å². The van der Waals surface area contributed by atoms with E-state index < -0.39 is 12.1 Å². The smallest absolute Gasteiger partial charge is 0.305 e. The Morgan fingerprint density at radius 1 is 0.304 bits per heavy atom. The number of nitrogens with one attached hydrogen (secondary N) is 1. The number of amides is 1. The first-order chi connectivity index (χ1) is 45.5. The summed E-state index contributed by atoms with van der Waals surface area (Å²) in [5.41, 5.74) is 0. The van der Waals surface area contributed by atoms with Crippen molar-refractivity contribution in [2.45, 2.75) is 488 Å². The largest absolute Gasteiger partial charge is 0.466 e. The maximum atomic E-state index is 12.5. The molecule has 0 aliphatic carbocycles. The molecule has 92 heavy (non-hydrogen) atoms. The van der Waals surface area contributed by atoms with Crippen molar-refractivity contribution in [2.75, 3.05) is 13.2 Å². The maximum Gasteiger partial charge on any atom is 0.305 e. The van der Waals surface area contributed by atoms with Gasteiger partial charge in [-0.1, -0.05) is 416 Å². The van der Waals surface area contributed by atoms with E-state index in [0.29, 0.717) is 25.9 Å². The third-order valence-corrected chi connectivity index (χ3v) is 19.9. The molecule has 0 aliphatic heterocycles. The highest BCUT2D eigenvalue weighted by atomic mass is 16.5. The predicted octanol–water partition coefficient (Wildman–Crippen LogP) is 28.2. The highest BCUT2D eigenvalue weighted by Crippen LogP contribution is 2.20. The Morgan fingerprint density at radius 2 is 0.543 bits per heavy atom. The Morgan fingerprint density at radius 3 is 0.859 bits per heavy atom. The van der Waals surface area contributed by atoms with Crippen molar-refractivity contribution < 1.29 is 24.5 Å². The monoisotopic (exact) mass is 1290 g/mol. The van der Waals surface area contributed by atoms with Crippen LogP contribution in [0.5, 0.6) is 0 Å². The van der Waals surface area contributed by atoms with Gasteiger partial charge in [-0.3, -0.25) is 9.59 Å². The van der Waals surface area contributed by atoms with E-state index in [-0.39, 0.29) is 18.5 Å². The number of esters is 1. The molecule has 0 aromatic rings. The standard InChI is InChI=1S/C86H165NO5/c1-3-5-7-9-11-13-15-17-19-21-43-48-52-56-60-64-68-72-76-80-86(91)92-81-77-73-69-65-61-57-53-49-45-42-40-38-36-34-32-30-28-26-24-22-23-25-27-29-31-33-35-37-39-41-44-47-51-55-59-63-67-71-75-79-85(90)87-83(82-88)84(89)78-74-70-66-62-58-54-50-46-20-18-16-14-12-10-8-6-4-2/h11,13,17,19,22-23,83-84,88-89H,3-10,12,14-16,18,20-21,24-82H2,1-2H3,(H,87,90)/b13-11-,19-17-,23-22-. The first-order valence-electron chi connectivity index (χ1n) is 42.2. The van der Waals surface area contributed by atoms with E-state index in [9.17, 15) is 19.8 Å². The van der Waals surface area contributed by atoms with Crippen LogP contribution < -0.4 is 5.32 Å². The van der Waals surface area contributed by atoms with Gasteiger partial charge in [0, 0.05) is 12.8 Å². The first-order valence-corrected chi connectivity index (χ1v) is 42.2. The molecule has 0 saturated heterocycles. The zero-order valence-electron chi connectivity index (χ0n) is 62.6. The van der Waals surface area contributed by atoms with E-state index in [0.717, 1.165) is 44.9 Å². The van der Waals surface area contributed by atoms with Gasteiger partial charge in [-0.2, -0.15) is 0 Å². The molecule has 2 unspecified atom stereocenters. The van der Waals surface area contributed by atoms with Gasteiger partial charge in [0.2, 0.25) is 5.91 Å². The fraction of sp³-hybridized carbons (Fsp3) is 0.907. The lowest BCUT2D eigenvalue weighted by Gasteiger charge is -2.22. The number of unbranched alkanes of at least 4 members (excludes halogenated alkanes) is 63. The van der Waals surface area contributed by atoms with Crippen molar-refractivity contribution in [3.05, 3.63) is 36.5 Å². The molecule has 6 heteroatoms. The molecule has 0 saturated carbocycles. The molecule has 0 aromatic heterocycles. The molecule has 0 rings (SSSR count). The molecule has 0 aliphatic rings. The van der Waals surface area contributed by atoms with Gasteiger partial charge in [-0.15, -0.1) is 0 Å². The summed E-state index contributed by atoms with van der Waals surface area (Å²) in [4.78, 5) is 24.7. The summed E-state index contributed by atoms with van der Waals surface area (Å²) in [6, 6.07) is -0.538. The van der Waals surface area contributed by atoms with E-state index >= 15 is 0 Å². The van der Waals surface area contributed by atoms with E-state index in [4.69, 9.17) is 4.74 Å². The van der Waals surface area contributed by atoms with Gasteiger partial charge in [0.1, 0.15) is 0 Å².